The van der Waals surface area contributed by atoms with Crippen molar-refractivity contribution in [2.75, 3.05) is 6.61 Å². The van der Waals surface area contributed by atoms with Crippen LogP contribution in [0.2, 0.25) is 0 Å². The van der Waals surface area contributed by atoms with Crippen LogP contribution in [0, 0.1) is 19.8 Å². The zero-order valence-corrected chi connectivity index (χ0v) is 13.6. The van der Waals surface area contributed by atoms with E-state index in [1.165, 1.54) is 19.8 Å². The van der Waals surface area contributed by atoms with Crippen LogP contribution in [0.3, 0.4) is 0 Å². The van der Waals surface area contributed by atoms with Crippen LogP contribution in [0.15, 0.2) is 37.9 Å². The second-order valence-corrected chi connectivity index (χ2v) is 6.38. The molecule has 0 bridgehead atoms. The molecule has 0 amide bonds. The quantitative estimate of drug-likeness (QED) is 0.779. The molecule has 124 valence electrons. The molecule has 0 radical (unpaired) electrons. The third-order valence-corrected chi connectivity index (χ3v) is 4.45. The van der Waals surface area contributed by atoms with Crippen LogP contribution in [-0.4, -0.2) is 11.7 Å². The van der Waals surface area contributed by atoms with Crippen LogP contribution >= 0.6 is 0 Å². The Morgan fingerprint density at radius 1 is 1.17 bits per heavy atom. The number of aromatic hydroxyl groups is 1. The molecular formula is C19H18O5. The number of hydrogen-bond acceptors (Lipinski definition) is 5. The molecule has 1 aliphatic carbocycles. The molecule has 1 saturated carbocycles. The van der Waals surface area contributed by atoms with Crippen LogP contribution < -0.4 is 10.4 Å². The van der Waals surface area contributed by atoms with Gasteiger partial charge in [-0.3, -0.25) is 0 Å². The minimum absolute atomic E-state index is 0.0600. The van der Waals surface area contributed by atoms with E-state index in [1.54, 1.807) is 13.0 Å². The lowest BCUT2D eigenvalue weighted by Crippen LogP contribution is -2.05. The van der Waals surface area contributed by atoms with E-state index in [0.29, 0.717) is 22.8 Å². The molecule has 0 unspecified atom stereocenters. The molecule has 5 nitrogen and oxygen atoms in total. The lowest BCUT2D eigenvalue weighted by atomic mass is 10.1. The van der Waals surface area contributed by atoms with Crippen LogP contribution in [0.25, 0.3) is 22.5 Å². The summed E-state index contributed by atoms with van der Waals surface area (Å²) in [6.07, 6.45) is 2.49. The first-order valence-electron chi connectivity index (χ1n) is 8.03. The largest absolute Gasteiger partial charge is 0.507 e. The van der Waals surface area contributed by atoms with Gasteiger partial charge in [-0.25, -0.2) is 4.79 Å². The third kappa shape index (κ3) is 2.56. The lowest BCUT2D eigenvalue weighted by Gasteiger charge is -2.05. The molecule has 2 aromatic heterocycles. The average molecular weight is 326 g/mol. The second-order valence-electron chi connectivity index (χ2n) is 6.38. The Hall–Kier alpha value is -2.69. The zero-order chi connectivity index (χ0) is 16.8. The van der Waals surface area contributed by atoms with E-state index < -0.39 is 5.63 Å². The van der Waals surface area contributed by atoms with Crippen LogP contribution in [0.4, 0.5) is 0 Å². The van der Waals surface area contributed by atoms with Gasteiger partial charge in [-0.15, -0.1) is 0 Å². The van der Waals surface area contributed by atoms with E-state index in [9.17, 15) is 9.90 Å². The Morgan fingerprint density at radius 3 is 2.71 bits per heavy atom. The molecular weight excluding hydrogens is 308 g/mol. The predicted molar refractivity (Wildman–Crippen MR) is 89.5 cm³/mol. The molecule has 0 aliphatic heterocycles. The summed E-state index contributed by atoms with van der Waals surface area (Å²) in [5, 5.41) is 10.9. The van der Waals surface area contributed by atoms with Gasteiger partial charge in [-0.2, -0.15) is 0 Å². The maximum absolute atomic E-state index is 11.8. The van der Waals surface area contributed by atoms with Crippen molar-refractivity contribution in [3.63, 3.8) is 0 Å². The molecule has 5 heteroatoms. The van der Waals surface area contributed by atoms with E-state index in [-0.39, 0.29) is 17.1 Å². The topological polar surface area (TPSA) is 72.8 Å². The molecule has 2 heterocycles. The van der Waals surface area contributed by atoms with E-state index in [0.717, 1.165) is 17.7 Å². The summed E-state index contributed by atoms with van der Waals surface area (Å²) in [6.45, 7) is 3.97. The molecule has 24 heavy (non-hydrogen) atoms. The van der Waals surface area contributed by atoms with Crippen molar-refractivity contribution >= 4 is 11.0 Å². The zero-order valence-electron chi connectivity index (χ0n) is 13.6. The van der Waals surface area contributed by atoms with Crippen molar-refractivity contribution in [3.05, 3.63) is 45.8 Å². The van der Waals surface area contributed by atoms with Crippen molar-refractivity contribution in [2.24, 2.45) is 5.92 Å². The van der Waals surface area contributed by atoms with Crippen molar-refractivity contribution in [3.8, 4) is 23.0 Å². The van der Waals surface area contributed by atoms with Gasteiger partial charge in [0, 0.05) is 10.9 Å². The normalized spacial score (nSPS) is 14.2. The predicted octanol–water partition coefficient (Wildman–Crippen LogP) is 4.16. The molecule has 3 aromatic rings. The highest BCUT2D eigenvalue weighted by atomic mass is 16.5. The van der Waals surface area contributed by atoms with Crippen LogP contribution in [-0.2, 0) is 0 Å². The highest BCUT2D eigenvalue weighted by Gasteiger charge is 2.22. The van der Waals surface area contributed by atoms with E-state index in [2.05, 4.69) is 0 Å². The van der Waals surface area contributed by atoms with Gasteiger partial charge in [0.05, 0.1) is 12.2 Å². The first-order valence-corrected chi connectivity index (χ1v) is 8.03. The first-order chi connectivity index (χ1) is 11.5. The van der Waals surface area contributed by atoms with Gasteiger partial charge in [0.25, 0.3) is 0 Å². The van der Waals surface area contributed by atoms with Crippen molar-refractivity contribution < 1.29 is 18.7 Å². The van der Waals surface area contributed by atoms with E-state index >= 15 is 0 Å². The van der Waals surface area contributed by atoms with E-state index in [1.807, 2.05) is 18.2 Å². The summed E-state index contributed by atoms with van der Waals surface area (Å²) in [7, 11) is 0. The standard InChI is InChI=1S/C19H18O5/c1-10-17(20)11(2)19(21)24-18(10)16-8-13-7-14(5-6-15(13)23-16)22-9-12-3-4-12/h5-8,12,20H,3-4,9H2,1-2H3. The average Bonchev–Trinajstić information content (AvgIpc) is 3.31. The van der Waals surface area contributed by atoms with Crippen LogP contribution in [0.5, 0.6) is 11.5 Å². The minimum Gasteiger partial charge on any atom is -0.507 e. The SMILES string of the molecule is Cc1c(-c2cc3cc(OCC4CC4)ccc3o2)oc(=O)c(C)c1O. The minimum atomic E-state index is -0.568. The van der Waals surface area contributed by atoms with Crippen molar-refractivity contribution in [2.45, 2.75) is 26.7 Å². The first kappa shape index (κ1) is 14.9. The Morgan fingerprint density at radius 2 is 1.96 bits per heavy atom. The summed E-state index contributed by atoms with van der Waals surface area (Å²) < 4.78 is 16.9. The molecule has 0 atom stereocenters. The smallest absolute Gasteiger partial charge is 0.343 e. The van der Waals surface area contributed by atoms with Crippen LogP contribution in [0.1, 0.15) is 24.0 Å². The summed E-state index contributed by atoms with van der Waals surface area (Å²) in [5.41, 5.74) is 0.785. The molecule has 0 spiro atoms. The van der Waals surface area contributed by atoms with Crippen molar-refractivity contribution in [1.29, 1.82) is 0 Å². The Balaban J connectivity index is 1.73. The lowest BCUT2D eigenvalue weighted by molar-refractivity contribution is 0.300. The van der Waals surface area contributed by atoms with Gasteiger partial charge in [0.15, 0.2) is 11.5 Å². The third-order valence-electron chi connectivity index (χ3n) is 4.45. The molecule has 0 saturated heterocycles. The van der Waals surface area contributed by atoms with E-state index in [4.69, 9.17) is 13.6 Å². The fourth-order valence-electron chi connectivity index (χ4n) is 2.69. The van der Waals surface area contributed by atoms with Gasteiger partial charge >= 0.3 is 5.63 Å². The number of ether oxygens (including phenoxy) is 1. The molecule has 1 aliphatic rings. The summed E-state index contributed by atoms with van der Waals surface area (Å²) in [4.78, 5) is 11.8. The number of furan rings is 1. The van der Waals surface area contributed by atoms with Gasteiger partial charge in [-0.1, -0.05) is 0 Å². The fraction of sp³-hybridized carbons (Fsp3) is 0.316. The molecule has 1 aromatic carbocycles. The summed E-state index contributed by atoms with van der Waals surface area (Å²) in [6, 6.07) is 7.40. The Bertz CT molecular complexity index is 975. The maximum Gasteiger partial charge on any atom is 0.343 e. The number of benzene rings is 1. The number of hydrogen-bond donors (Lipinski definition) is 1. The Kier molecular flexibility index (Phi) is 3.37. The monoisotopic (exact) mass is 326 g/mol. The second kappa shape index (κ2) is 5.44. The van der Waals surface area contributed by atoms with Gasteiger partial charge in [0.1, 0.15) is 17.1 Å². The highest BCUT2D eigenvalue weighted by Crippen LogP contribution is 2.35. The molecule has 1 N–H and O–H groups in total. The summed E-state index contributed by atoms with van der Waals surface area (Å²) >= 11 is 0. The van der Waals surface area contributed by atoms with Crippen molar-refractivity contribution in [1.82, 2.24) is 0 Å². The Labute approximate surface area is 138 Å². The number of fused-ring (bicyclic) bond motifs is 1. The molecule has 1 fully saturated rings. The fourth-order valence-corrected chi connectivity index (χ4v) is 2.69. The highest BCUT2D eigenvalue weighted by molar-refractivity contribution is 5.83. The number of rotatable bonds is 4. The van der Waals surface area contributed by atoms with Gasteiger partial charge in [-0.05, 0) is 56.9 Å². The molecule has 4 rings (SSSR count). The van der Waals surface area contributed by atoms with Gasteiger partial charge in [0.2, 0.25) is 0 Å². The maximum atomic E-state index is 11.8. The summed E-state index contributed by atoms with van der Waals surface area (Å²) in [5.74, 6) is 2.09. The van der Waals surface area contributed by atoms with Gasteiger partial charge < -0.3 is 18.7 Å².